The van der Waals surface area contributed by atoms with E-state index < -0.39 is 0 Å². The highest BCUT2D eigenvalue weighted by molar-refractivity contribution is 7.09. The summed E-state index contributed by atoms with van der Waals surface area (Å²) in [5.74, 6) is 0.642. The number of rotatable bonds is 18. The largest absolute Gasteiger partial charge is 0.494 e. The van der Waals surface area contributed by atoms with Gasteiger partial charge < -0.3 is 10.1 Å². The molecule has 3 aromatic rings. The van der Waals surface area contributed by atoms with Crippen molar-refractivity contribution in [2.45, 2.75) is 97.4 Å². The van der Waals surface area contributed by atoms with Crippen LogP contribution >= 0.6 is 11.3 Å². The Kier molecular flexibility index (Phi) is 13.3. The summed E-state index contributed by atoms with van der Waals surface area (Å²) < 4.78 is 8.11. The van der Waals surface area contributed by atoms with E-state index >= 15 is 0 Å². The summed E-state index contributed by atoms with van der Waals surface area (Å²) in [4.78, 5) is 14.3. The first kappa shape index (κ1) is 28.9. The second kappa shape index (κ2) is 17.0. The molecular formula is C32H45N2O2S+. The number of amides is 1. The van der Waals surface area contributed by atoms with Gasteiger partial charge in [0.1, 0.15) is 5.75 Å². The lowest BCUT2D eigenvalue weighted by Gasteiger charge is -2.11. The van der Waals surface area contributed by atoms with Gasteiger partial charge in [0.05, 0.1) is 17.2 Å². The van der Waals surface area contributed by atoms with Gasteiger partial charge in [0.25, 0.3) is 5.91 Å². The molecule has 0 fully saturated rings. The van der Waals surface area contributed by atoms with Crippen molar-refractivity contribution >= 4 is 22.9 Å². The van der Waals surface area contributed by atoms with Crippen LogP contribution in [0.3, 0.4) is 0 Å². The van der Waals surface area contributed by atoms with Crippen molar-refractivity contribution in [1.29, 1.82) is 0 Å². The number of hydrogen-bond acceptors (Lipinski definition) is 3. The van der Waals surface area contributed by atoms with Crippen molar-refractivity contribution in [2.75, 3.05) is 11.9 Å². The Labute approximate surface area is 228 Å². The average Bonchev–Trinajstić information content (AvgIpc) is 3.32. The maximum atomic E-state index is 13.0. The predicted molar refractivity (Wildman–Crippen MR) is 156 cm³/mol. The first-order valence-corrected chi connectivity index (χ1v) is 15.1. The van der Waals surface area contributed by atoms with Gasteiger partial charge in [0.15, 0.2) is 12.7 Å². The van der Waals surface area contributed by atoms with Gasteiger partial charge in [0, 0.05) is 11.1 Å². The fourth-order valence-corrected chi connectivity index (χ4v) is 5.19. The Balaban J connectivity index is 1.35. The molecule has 0 radical (unpaired) electrons. The molecule has 0 aliphatic carbocycles. The molecular weight excluding hydrogens is 476 g/mol. The highest BCUT2D eigenvalue weighted by atomic mass is 32.1. The van der Waals surface area contributed by atoms with Gasteiger partial charge in [-0.2, -0.15) is 4.57 Å². The molecule has 0 unspecified atom stereocenters. The molecule has 0 aliphatic rings. The van der Waals surface area contributed by atoms with Crippen LogP contribution < -0.4 is 14.6 Å². The number of benzene rings is 2. The Morgan fingerprint density at radius 3 is 2.22 bits per heavy atom. The Morgan fingerprint density at radius 2 is 1.54 bits per heavy atom. The van der Waals surface area contributed by atoms with Crippen molar-refractivity contribution < 1.29 is 14.1 Å². The topological polar surface area (TPSA) is 42.2 Å². The van der Waals surface area contributed by atoms with E-state index in [-0.39, 0.29) is 5.91 Å². The maximum Gasteiger partial charge on any atom is 0.255 e. The summed E-state index contributed by atoms with van der Waals surface area (Å²) in [5, 5.41) is 3.09. The van der Waals surface area contributed by atoms with Gasteiger partial charge in [-0.05, 0) is 37.6 Å². The third-order valence-electron chi connectivity index (χ3n) is 6.70. The monoisotopic (exact) mass is 521 g/mol. The number of ether oxygens (including phenoxy) is 1. The van der Waals surface area contributed by atoms with Crippen LogP contribution in [-0.2, 0) is 6.54 Å². The summed E-state index contributed by atoms with van der Waals surface area (Å²) in [5.41, 5.74) is 4.64. The number of thiazole rings is 1. The van der Waals surface area contributed by atoms with Gasteiger partial charge in [-0.3, -0.25) is 4.79 Å². The number of unbranched alkanes of at least 4 members (excludes halogenated alkanes) is 11. The van der Waals surface area contributed by atoms with Crippen molar-refractivity contribution in [2.24, 2.45) is 0 Å². The van der Waals surface area contributed by atoms with E-state index in [0.29, 0.717) is 12.2 Å². The summed E-state index contributed by atoms with van der Waals surface area (Å²) in [6.07, 6.45) is 18.1. The molecule has 0 saturated carbocycles. The number of para-hydroxylation sites is 1. The highest BCUT2D eigenvalue weighted by Gasteiger charge is 2.13. The van der Waals surface area contributed by atoms with Crippen molar-refractivity contribution in [1.82, 2.24) is 0 Å². The molecule has 200 valence electrons. The number of carbonyl (C=O) groups excluding carboxylic acids is 1. The van der Waals surface area contributed by atoms with E-state index in [9.17, 15) is 4.79 Å². The zero-order chi connectivity index (χ0) is 26.1. The minimum Gasteiger partial charge on any atom is -0.494 e. The highest BCUT2D eigenvalue weighted by Crippen LogP contribution is 2.19. The molecule has 2 aromatic carbocycles. The van der Waals surface area contributed by atoms with Crippen molar-refractivity contribution in [3.8, 4) is 5.75 Å². The van der Waals surface area contributed by atoms with E-state index in [2.05, 4.69) is 41.5 Å². The molecule has 4 nitrogen and oxygen atoms in total. The van der Waals surface area contributed by atoms with Crippen LogP contribution in [0.15, 0.2) is 60.2 Å². The fourth-order valence-electron chi connectivity index (χ4n) is 4.56. The zero-order valence-corrected chi connectivity index (χ0v) is 23.7. The van der Waals surface area contributed by atoms with Crippen LogP contribution in [-0.4, -0.2) is 12.5 Å². The quantitative estimate of drug-likeness (QED) is 0.134. The molecule has 0 atom stereocenters. The number of hydrogen-bond donors (Lipinski definition) is 1. The molecule has 3 rings (SSSR count). The predicted octanol–water partition coefficient (Wildman–Crippen LogP) is 8.72. The van der Waals surface area contributed by atoms with Crippen LogP contribution in [0, 0.1) is 6.92 Å². The summed E-state index contributed by atoms with van der Waals surface area (Å²) in [6, 6.07) is 15.5. The smallest absolute Gasteiger partial charge is 0.255 e. The lowest BCUT2D eigenvalue weighted by Crippen LogP contribution is -2.31. The standard InChI is InChI=1S/C32H44N2O2S/c1-3-4-5-6-7-8-9-10-11-12-13-16-22-36-30-20-17-19-28(23-30)32(35)33-31-21-15-14-18-29(31)25-34-24-27(2)37-26-34/h14-15,17-21,23-24,26H,3-13,16,22,25H2,1-2H3/p+1. The molecule has 0 aliphatic heterocycles. The van der Waals surface area contributed by atoms with Crippen molar-refractivity contribution in [3.63, 3.8) is 0 Å². The molecule has 1 heterocycles. The van der Waals surface area contributed by atoms with Crippen LogP contribution in [0.5, 0.6) is 5.75 Å². The van der Waals surface area contributed by atoms with Gasteiger partial charge in [-0.25, -0.2) is 0 Å². The summed E-state index contributed by atoms with van der Waals surface area (Å²) >= 11 is 1.72. The molecule has 1 aromatic heterocycles. The van der Waals surface area contributed by atoms with E-state index in [1.54, 1.807) is 11.3 Å². The number of aryl methyl sites for hydroxylation is 1. The van der Waals surface area contributed by atoms with E-state index in [4.69, 9.17) is 4.74 Å². The number of anilines is 1. The zero-order valence-electron chi connectivity index (χ0n) is 22.8. The number of nitrogens with one attached hydrogen (secondary N) is 1. The number of carbonyl (C=O) groups is 1. The molecule has 0 spiro atoms. The van der Waals surface area contributed by atoms with Gasteiger partial charge >= 0.3 is 0 Å². The molecule has 5 heteroatoms. The van der Waals surface area contributed by atoms with Gasteiger partial charge in [-0.15, -0.1) is 0 Å². The second-order valence-corrected chi connectivity index (χ2v) is 11.1. The fraction of sp³-hybridized carbons (Fsp3) is 0.500. The van der Waals surface area contributed by atoms with Crippen molar-refractivity contribution in [3.05, 3.63) is 76.2 Å². The normalized spacial score (nSPS) is 11.0. The lowest BCUT2D eigenvalue weighted by molar-refractivity contribution is -0.683. The van der Waals surface area contributed by atoms with Crippen LogP contribution in [0.4, 0.5) is 5.69 Å². The van der Waals surface area contributed by atoms with E-state index in [0.717, 1.165) is 30.0 Å². The molecule has 0 bridgehead atoms. The van der Waals surface area contributed by atoms with E-state index in [1.807, 2.05) is 42.5 Å². The first-order chi connectivity index (χ1) is 18.2. The third kappa shape index (κ3) is 11.1. The van der Waals surface area contributed by atoms with Crippen LogP contribution in [0.25, 0.3) is 0 Å². The van der Waals surface area contributed by atoms with Gasteiger partial charge in [-0.1, -0.05) is 113 Å². The Morgan fingerprint density at radius 1 is 0.865 bits per heavy atom. The average molecular weight is 522 g/mol. The number of nitrogens with zero attached hydrogens (tertiary/aromatic N) is 1. The third-order valence-corrected chi connectivity index (χ3v) is 7.56. The summed E-state index contributed by atoms with van der Waals surface area (Å²) in [6.45, 7) is 5.80. The minimum absolute atomic E-state index is 0.116. The van der Waals surface area contributed by atoms with Crippen LogP contribution in [0.1, 0.15) is 105 Å². The van der Waals surface area contributed by atoms with Gasteiger partial charge in [0.2, 0.25) is 5.51 Å². The lowest BCUT2D eigenvalue weighted by atomic mass is 10.1. The summed E-state index contributed by atoms with van der Waals surface area (Å²) in [7, 11) is 0. The number of aromatic nitrogens is 1. The molecule has 1 N–H and O–H groups in total. The second-order valence-electron chi connectivity index (χ2n) is 10.0. The first-order valence-electron chi connectivity index (χ1n) is 14.2. The SMILES string of the molecule is CCCCCCCCCCCCCCOc1cccc(C(=O)Nc2ccccc2C[n+]2csc(C)c2)c1. The molecule has 37 heavy (non-hydrogen) atoms. The molecule has 0 saturated heterocycles. The van der Waals surface area contributed by atoms with E-state index in [1.165, 1.54) is 75.5 Å². The maximum absolute atomic E-state index is 13.0. The molecule has 1 amide bonds. The Hall–Kier alpha value is -2.66. The minimum atomic E-state index is -0.116. The van der Waals surface area contributed by atoms with Crippen LogP contribution in [0.2, 0.25) is 0 Å². The Bertz CT molecular complexity index is 1060.